The summed E-state index contributed by atoms with van der Waals surface area (Å²) in [5, 5.41) is 13.8. The minimum absolute atomic E-state index is 0.0854. The number of benzene rings is 1. The Morgan fingerprint density at radius 1 is 1.10 bits per heavy atom. The Labute approximate surface area is 230 Å². The second-order valence-corrected chi connectivity index (χ2v) is 11.6. The molecule has 2 aromatic rings. The third kappa shape index (κ3) is 5.32. The minimum atomic E-state index is -0.810. The van der Waals surface area contributed by atoms with Crippen LogP contribution in [-0.2, 0) is 10.3 Å². The number of β-amino-alcohol motifs (C(OH)–C–C–N with tert-alkyl or cyclic N) is 1. The second kappa shape index (κ2) is 10.7. The van der Waals surface area contributed by atoms with E-state index in [2.05, 4.69) is 58.5 Å². The van der Waals surface area contributed by atoms with Gasteiger partial charge < -0.3 is 19.6 Å². The van der Waals surface area contributed by atoms with Crippen molar-refractivity contribution in [2.24, 2.45) is 0 Å². The average Bonchev–Trinajstić information content (AvgIpc) is 3.17. The lowest BCUT2D eigenvalue weighted by Crippen LogP contribution is -2.59. The maximum Gasteiger partial charge on any atom is 0.320 e. The highest BCUT2D eigenvalue weighted by Gasteiger charge is 2.56. The summed E-state index contributed by atoms with van der Waals surface area (Å²) in [6, 6.07) is 12.1. The SMILES string of the molecule is COc1ccnc(NC(=O)CCN2C[C@]3(CC[C@@](c4ccccc4)(N(C)C)CC3)N(CC3(O)CCC3)C2=O)n1. The van der Waals surface area contributed by atoms with E-state index in [0.717, 1.165) is 44.9 Å². The van der Waals surface area contributed by atoms with Crippen LogP contribution >= 0.6 is 0 Å². The molecule has 2 saturated carbocycles. The number of hydrogen-bond donors (Lipinski definition) is 2. The molecule has 5 rings (SSSR count). The first-order chi connectivity index (χ1) is 18.7. The van der Waals surface area contributed by atoms with Crippen molar-refractivity contribution in [3.05, 3.63) is 48.2 Å². The van der Waals surface area contributed by atoms with Gasteiger partial charge in [-0.15, -0.1) is 0 Å². The molecule has 10 nitrogen and oxygen atoms in total. The molecule has 1 saturated heterocycles. The molecular formula is C29H40N6O4. The van der Waals surface area contributed by atoms with Crippen molar-refractivity contribution in [2.75, 3.05) is 46.2 Å². The molecule has 3 fully saturated rings. The Bertz CT molecular complexity index is 1180. The molecule has 10 heteroatoms. The number of urea groups is 1. The van der Waals surface area contributed by atoms with Crippen molar-refractivity contribution < 1.29 is 19.4 Å². The molecule has 1 aliphatic heterocycles. The van der Waals surface area contributed by atoms with Gasteiger partial charge in [0.2, 0.25) is 17.7 Å². The van der Waals surface area contributed by atoms with Crippen molar-refractivity contribution in [1.29, 1.82) is 0 Å². The number of hydrogen-bond acceptors (Lipinski definition) is 7. The van der Waals surface area contributed by atoms with Gasteiger partial charge in [0.1, 0.15) is 0 Å². The minimum Gasteiger partial charge on any atom is -0.481 e. The van der Waals surface area contributed by atoms with Crippen LogP contribution in [0.3, 0.4) is 0 Å². The van der Waals surface area contributed by atoms with Crippen LogP contribution in [0.1, 0.15) is 56.9 Å². The molecule has 3 amide bonds. The van der Waals surface area contributed by atoms with E-state index in [0.29, 0.717) is 25.5 Å². The Balaban J connectivity index is 1.30. The van der Waals surface area contributed by atoms with Crippen molar-refractivity contribution in [3.63, 3.8) is 0 Å². The fraction of sp³-hybridized carbons (Fsp3) is 0.586. The number of anilines is 1. The quantitative estimate of drug-likeness (QED) is 0.506. The van der Waals surface area contributed by atoms with Crippen LogP contribution in [0.5, 0.6) is 5.88 Å². The van der Waals surface area contributed by atoms with E-state index in [1.165, 1.54) is 18.9 Å². The van der Waals surface area contributed by atoms with Gasteiger partial charge in [0.05, 0.1) is 24.8 Å². The molecule has 0 atom stereocenters. The Morgan fingerprint density at radius 3 is 2.44 bits per heavy atom. The van der Waals surface area contributed by atoms with Crippen molar-refractivity contribution >= 4 is 17.9 Å². The van der Waals surface area contributed by atoms with Gasteiger partial charge in [-0.05, 0) is 64.6 Å². The normalized spacial score (nSPS) is 26.1. The van der Waals surface area contributed by atoms with Crippen LogP contribution in [-0.4, -0.2) is 93.7 Å². The van der Waals surface area contributed by atoms with Crippen LogP contribution < -0.4 is 10.1 Å². The summed E-state index contributed by atoms with van der Waals surface area (Å²) in [7, 11) is 5.77. The number of amides is 3. The number of carbonyl (C=O) groups is 2. The van der Waals surface area contributed by atoms with E-state index >= 15 is 0 Å². The summed E-state index contributed by atoms with van der Waals surface area (Å²) in [6.45, 7) is 1.21. The smallest absolute Gasteiger partial charge is 0.320 e. The number of nitrogens with one attached hydrogen (secondary N) is 1. The molecule has 2 heterocycles. The maximum absolute atomic E-state index is 13.8. The number of methoxy groups -OCH3 is 1. The predicted molar refractivity (Wildman–Crippen MR) is 147 cm³/mol. The number of aromatic nitrogens is 2. The summed E-state index contributed by atoms with van der Waals surface area (Å²) >= 11 is 0. The number of carbonyl (C=O) groups excluding carboxylic acids is 2. The second-order valence-electron chi connectivity index (χ2n) is 11.6. The number of ether oxygens (including phenoxy) is 1. The van der Waals surface area contributed by atoms with Crippen LogP contribution in [0.15, 0.2) is 42.6 Å². The summed E-state index contributed by atoms with van der Waals surface area (Å²) in [6.07, 6.45) is 7.57. The number of aliphatic hydroxyl groups is 1. The Kier molecular flexibility index (Phi) is 7.52. The van der Waals surface area contributed by atoms with Gasteiger partial charge in [-0.25, -0.2) is 9.78 Å². The first-order valence-corrected chi connectivity index (χ1v) is 13.9. The standard InChI is InChI=1S/C29H40N6O4/c1-33(2)29(22-8-5-4-6-9-22)16-14-27(15-17-29)20-34(26(37)35(27)21-28(38)12-7-13-28)19-11-23(36)31-25-30-18-10-24(32-25)39-3/h4-6,8-10,18,38H,7,11-17,19-21H2,1-3H3,(H,30,31,32,36)/t27-,29-. The molecule has 1 spiro atoms. The highest BCUT2D eigenvalue weighted by Crippen LogP contribution is 2.50. The lowest BCUT2D eigenvalue weighted by molar-refractivity contribution is -0.116. The number of nitrogens with zero attached hydrogens (tertiary/aromatic N) is 5. The molecule has 39 heavy (non-hydrogen) atoms. The summed E-state index contributed by atoms with van der Waals surface area (Å²) in [5.74, 6) is 0.272. The zero-order chi connectivity index (χ0) is 27.7. The van der Waals surface area contributed by atoms with Crippen LogP contribution in [0.2, 0.25) is 0 Å². The molecule has 1 aromatic heterocycles. The van der Waals surface area contributed by atoms with Gasteiger partial charge in [-0.2, -0.15) is 4.98 Å². The average molecular weight is 537 g/mol. The molecule has 0 unspecified atom stereocenters. The lowest BCUT2D eigenvalue weighted by Gasteiger charge is -2.52. The van der Waals surface area contributed by atoms with Gasteiger partial charge in [0.25, 0.3) is 0 Å². The van der Waals surface area contributed by atoms with Crippen molar-refractivity contribution in [1.82, 2.24) is 24.7 Å². The van der Waals surface area contributed by atoms with Gasteiger partial charge >= 0.3 is 6.03 Å². The molecule has 0 radical (unpaired) electrons. The number of rotatable bonds is 9. The topological polar surface area (TPSA) is 111 Å². The van der Waals surface area contributed by atoms with Crippen molar-refractivity contribution in [2.45, 2.75) is 68.0 Å². The zero-order valence-corrected chi connectivity index (χ0v) is 23.2. The molecule has 0 bridgehead atoms. The predicted octanol–water partition coefficient (Wildman–Crippen LogP) is 3.24. The summed E-state index contributed by atoms with van der Waals surface area (Å²) in [5.41, 5.74) is 0.0309. The van der Waals surface area contributed by atoms with Gasteiger partial charge in [-0.3, -0.25) is 15.0 Å². The molecule has 210 valence electrons. The monoisotopic (exact) mass is 536 g/mol. The Morgan fingerprint density at radius 2 is 1.82 bits per heavy atom. The lowest BCUT2D eigenvalue weighted by atomic mass is 9.67. The van der Waals surface area contributed by atoms with Crippen LogP contribution in [0.4, 0.5) is 10.7 Å². The fourth-order valence-corrected chi connectivity index (χ4v) is 6.57. The van der Waals surface area contributed by atoms with Crippen LogP contribution in [0, 0.1) is 0 Å². The van der Waals surface area contributed by atoms with Crippen LogP contribution in [0.25, 0.3) is 0 Å². The molecule has 2 N–H and O–H groups in total. The fourth-order valence-electron chi connectivity index (χ4n) is 6.57. The van der Waals surface area contributed by atoms with Crippen molar-refractivity contribution in [3.8, 4) is 5.88 Å². The van der Waals surface area contributed by atoms with Gasteiger partial charge in [0, 0.05) is 37.3 Å². The highest BCUT2D eigenvalue weighted by atomic mass is 16.5. The van der Waals surface area contributed by atoms with E-state index in [1.54, 1.807) is 11.0 Å². The molecule has 2 aliphatic carbocycles. The maximum atomic E-state index is 13.8. The molecule has 1 aromatic carbocycles. The van der Waals surface area contributed by atoms with Gasteiger partial charge in [0.15, 0.2) is 0 Å². The van der Waals surface area contributed by atoms with E-state index in [1.807, 2.05) is 11.0 Å². The Hall–Kier alpha value is -3.24. The summed E-state index contributed by atoms with van der Waals surface area (Å²) in [4.78, 5) is 40.7. The van der Waals surface area contributed by atoms with E-state index in [-0.39, 0.29) is 35.4 Å². The third-order valence-corrected chi connectivity index (χ3v) is 9.17. The summed E-state index contributed by atoms with van der Waals surface area (Å²) < 4.78 is 5.09. The van der Waals surface area contributed by atoms with Gasteiger partial charge in [-0.1, -0.05) is 30.3 Å². The molecule has 3 aliphatic rings. The van der Waals surface area contributed by atoms with E-state index in [9.17, 15) is 14.7 Å². The molecular weight excluding hydrogens is 496 g/mol. The first kappa shape index (κ1) is 27.3. The third-order valence-electron chi connectivity index (χ3n) is 9.17. The first-order valence-electron chi connectivity index (χ1n) is 13.9. The largest absolute Gasteiger partial charge is 0.481 e. The zero-order valence-electron chi connectivity index (χ0n) is 23.2. The van der Waals surface area contributed by atoms with E-state index < -0.39 is 5.60 Å². The highest BCUT2D eigenvalue weighted by molar-refractivity contribution is 5.89. The van der Waals surface area contributed by atoms with E-state index in [4.69, 9.17) is 4.74 Å².